The molecule has 92 valence electrons. The molecular weight excluding hydrogens is 204 g/mol. The first-order valence-corrected chi connectivity index (χ1v) is 4.90. The summed E-state index contributed by atoms with van der Waals surface area (Å²) in [6.45, 7) is 2.72. The van der Waals surface area contributed by atoms with E-state index in [1.165, 1.54) is 0 Å². The van der Waals surface area contributed by atoms with E-state index in [0.29, 0.717) is 26.3 Å². The van der Waals surface area contributed by atoms with E-state index in [1.54, 1.807) is 0 Å². The number of rotatable bonds is 12. The van der Waals surface area contributed by atoms with E-state index in [2.05, 4.69) is 11.0 Å². The van der Waals surface area contributed by atoms with Gasteiger partial charge in [-0.3, -0.25) is 9.68 Å². The molecule has 0 aromatic rings. The van der Waals surface area contributed by atoms with Crippen molar-refractivity contribution in [3.8, 4) is 0 Å². The van der Waals surface area contributed by atoms with Crippen LogP contribution in [0.2, 0.25) is 0 Å². The van der Waals surface area contributed by atoms with E-state index < -0.39 is 0 Å². The molecule has 0 atom stereocenters. The zero-order chi connectivity index (χ0) is 11.2. The molecule has 7 heteroatoms. The van der Waals surface area contributed by atoms with Crippen LogP contribution in [0.1, 0.15) is 0 Å². The van der Waals surface area contributed by atoms with Crippen LogP contribution in [0.4, 0.5) is 0 Å². The standard InChI is InChI=1S/C8H20N2O5/c11-3-7-14-9-1-5-13-6-2-10-15-8-4-12/h9-12H,1-8H2. The van der Waals surface area contributed by atoms with E-state index in [-0.39, 0.29) is 26.4 Å². The van der Waals surface area contributed by atoms with Crippen molar-refractivity contribution < 1.29 is 24.6 Å². The van der Waals surface area contributed by atoms with Gasteiger partial charge in [0.1, 0.15) is 0 Å². The molecule has 4 N–H and O–H groups in total. The Morgan fingerprint density at radius 1 is 0.733 bits per heavy atom. The van der Waals surface area contributed by atoms with Crippen LogP contribution in [0.5, 0.6) is 0 Å². The van der Waals surface area contributed by atoms with E-state index in [0.717, 1.165) is 0 Å². The highest BCUT2D eigenvalue weighted by molar-refractivity contribution is 4.36. The molecule has 0 rings (SSSR count). The summed E-state index contributed by atoms with van der Waals surface area (Å²) in [5.74, 6) is 0. The van der Waals surface area contributed by atoms with E-state index >= 15 is 0 Å². The smallest absolute Gasteiger partial charge is 0.0913 e. The first kappa shape index (κ1) is 14.7. The molecule has 0 aliphatic heterocycles. The fourth-order valence-electron chi connectivity index (χ4n) is 0.710. The van der Waals surface area contributed by atoms with Gasteiger partial charge in [0, 0.05) is 13.1 Å². The second-order valence-corrected chi connectivity index (χ2v) is 2.55. The van der Waals surface area contributed by atoms with Crippen molar-refractivity contribution in [2.45, 2.75) is 0 Å². The Bertz CT molecular complexity index is 105. The molecule has 0 aromatic heterocycles. The van der Waals surface area contributed by atoms with Gasteiger partial charge >= 0.3 is 0 Å². The number of ether oxygens (including phenoxy) is 1. The molecule has 0 aromatic carbocycles. The van der Waals surface area contributed by atoms with Crippen molar-refractivity contribution in [2.75, 3.05) is 52.7 Å². The number of hydroxylamine groups is 2. The summed E-state index contributed by atoms with van der Waals surface area (Å²) in [5.41, 5.74) is 5.26. The summed E-state index contributed by atoms with van der Waals surface area (Å²) in [7, 11) is 0. The molecule has 0 spiro atoms. The fraction of sp³-hybridized carbons (Fsp3) is 1.00. The number of hydrogen-bond acceptors (Lipinski definition) is 7. The zero-order valence-electron chi connectivity index (χ0n) is 8.78. The van der Waals surface area contributed by atoms with Gasteiger partial charge in [0.15, 0.2) is 0 Å². The Morgan fingerprint density at radius 3 is 1.60 bits per heavy atom. The Morgan fingerprint density at radius 2 is 1.20 bits per heavy atom. The van der Waals surface area contributed by atoms with Crippen LogP contribution in [-0.2, 0) is 14.4 Å². The average Bonchev–Trinajstić information content (AvgIpc) is 2.26. The van der Waals surface area contributed by atoms with E-state index in [1.807, 2.05) is 0 Å². The number of aliphatic hydroxyl groups is 2. The van der Waals surface area contributed by atoms with Gasteiger partial charge in [0.05, 0.1) is 39.6 Å². The van der Waals surface area contributed by atoms with Crippen molar-refractivity contribution in [3.63, 3.8) is 0 Å². The first-order valence-electron chi connectivity index (χ1n) is 4.90. The molecule has 0 saturated carbocycles. The van der Waals surface area contributed by atoms with Crippen LogP contribution in [-0.4, -0.2) is 62.9 Å². The molecule has 0 amide bonds. The molecule has 7 nitrogen and oxygen atoms in total. The molecule has 0 radical (unpaired) electrons. The minimum atomic E-state index is -0.0000267. The number of nitrogens with one attached hydrogen (secondary N) is 2. The van der Waals surface area contributed by atoms with Crippen LogP contribution in [0.25, 0.3) is 0 Å². The molecule has 0 aliphatic carbocycles. The Labute approximate surface area is 89.2 Å². The van der Waals surface area contributed by atoms with Crippen molar-refractivity contribution in [2.24, 2.45) is 0 Å². The normalized spacial score (nSPS) is 10.8. The van der Waals surface area contributed by atoms with Crippen LogP contribution in [0.15, 0.2) is 0 Å². The highest BCUT2D eigenvalue weighted by Gasteiger charge is 1.90. The van der Waals surface area contributed by atoms with Crippen LogP contribution >= 0.6 is 0 Å². The van der Waals surface area contributed by atoms with Gasteiger partial charge in [-0.1, -0.05) is 0 Å². The predicted molar refractivity (Wildman–Crippen MR) is 52.9 cm³/mol. The second-order valence-electron chi connectivity index (χ2n) is 2.55. The molecular formula is C8H20N2O5. The average molecular weight is 224 g/mol. The van der Waals surface area contributed by atoms with Crippen LogP contribution in [0, 0.1) is 0 Å². The molecule has 0 fully saturated rings. The summed E-state index contributed by atoms with van der Waals surface area (Å²) in [4.78, 5) is 9.59. The molecule has 0 aliphatic rings. The van der Waals surface area contributed by atoms with Gasteiger partial charge in [-0.2, -0.15) is 0 Å². The topological polar surface area (TPSA) is 92.2 Å². The lowest BCUT2D eigenvalue weighted by molar-refractivity contribution is -0.0108. The first-order chi connectivity index (χ1) is 7.41. The van der Waals surface area contributed by atoms with Gasteiger partial charge in [0.25, 0.3) is 0 Å². The lowest BCUT2D eigenvalue weighted by Crippen LogP contribution is -2.25. The van der Waals surface area contributed by atoms with Gasteiger partial charge in [-0.05, 0) is 0 Å². The molecule has 0 unspecified atom stereocenters. The third-order valence-corrected chi connectivity index (χ3v) is 1.29. The van der Waals surface area contributed by atoms with Crippen molar-refractivity contribution in [3.05, 3.63) is 0 Å². The number of hydrogen-bond donors (Lipinski definition) is 4. The largest absolute Gasteiger partial charge is 0.394 e. The van der Waals surface area contributed by atoms with E-state index in [4.69, 9.17) is 24.6 Å². The van der Waals surface area contributed by atoms with Gasteiger partial charge in [-0.15, -0.1) is 0 Å². The molecule has 15 heavy (non-hydrogen) atoms. The lowest BCUT2D eigenvalue weighted by atomic mass is 10.7. The maximum Gasteiger partial charge on any atom is 0.0913 e. The van der Waals surface area contributed by atoms with Gasteiger partial charge < -0.3 is 14.9 Å². The lowest BCUT2D eigenvalue weighted by Gasteiger charge is -2.06. The van der Waals surface area contributed by atoms with Crippen LogP contribution < -0.4 is 11.0 Å². The van der Waals surface area contributed by atoms with Gasteiger partial charge in [0.2, 0.25) is 0 Å². The monoisotopic (exact) mass is 224 g/mol. The van der Waals surface area contributed by atoms with Crippen molar-refractivity contribution in [1.29, 1.82) is 0 Å². The summed E-state index contributed by atoms with van der Waals surface area (Å²) in [6.07, 6.45) is 0. The highest BCUT2D eigenvalue weighted by atomic mass is 16.7. The van der Waals surface area contributed by atoms with Crippen molar-refractivity contribution in [1.82, 2.24) is 11.0 Å². The summed E-state index contributed by atoms with van der Waals surface area (Å²) in [6, 6.07) is 0. The molecule has 0 bridgehead atoms. The highest BCUT2D eigenvalue weighted by Crippen LogP contribution is 1.74. The summed E-state index contributed by atoms with van der Waals surface area (Å²) < 4.78 is 5.18. The number of aliphatic hydroxyl groups excluding tert-OH is 2. The maximum atomic E-state index is 8.37. The zero-order valence-corrected chi connectivity index (χ0v) is 8.78. The SMILES string of the molecule is OCCONCCOCCNOCCO. The Balaban J connectivity index is 2.81. The predicted octanol–water partition coefficient (Wildman–Crippen LogP) is -1.97. The Kier molecular flexibility index (Phi) is 13.5. The van der Waals surface area contributed by atoms with Crippen LogP contribution in [0.3, 0.4) is 0 Å². The minimum Gasteiger partial charge on any atom is -0.394 e. The quantitative estimate of drug-likeness (QED) is 0.226. The third-order valence-electron chi connectivity index (χ3n) is 1.29. The van der Waals surface area contributed by atoms with Crippen molar-refractivity contribution >= 4 is 0 Å². The minimum absolute atomic E-state index is 0.0000267. The Hall–Kier alpha value is -0.280. The summed E-state index contributed by atoms with van der Waals surface area (Å²) >= 11 is 0. The second kappa shape index (κ2) is 13.7. The fourth-order valence-corrected chi connectivity index (χ4v) is 0.710. The third kappa shape index (κ3) is 13.7. The molecule has 0 heterocycles. The van der Waals surface area contributed by atoms with Gasteiger partial charge in [-0.25, -0.2) is 11.0 Å². The maximum absolute atomic E-state index is 8.37. The summed E-state index contributed by atoms with van der Waals surface area (Å²) in [5, 5.41) is 16.7. The molecule has 0 saturated heterocycles. The van der Waals surface area contributed by atoms with E-state index in [9.17, 15) is 0 Å².